The molecule has 2 bridgehead atoms. The first-order valence-electron chi connectivity index (χ1n) is 11.4. The van der Waals surface area contributed by atoms with Crippen LogP contribution in [0.25, 0.3) is 0 Å². The summed E-state index contributed by atoms with van der Waals surface area (Å²) in [7, 11) is 1.62. The van der Waals surface area contributed by atoms with E-state index in [0.29, 0.717) is 16.3 Å². The number of aromatic nitrogens is 1. The summed E-state index contributed by atoms with van der Waals surface area (Å²) in [5.74, 6) is 1.04. The van der Waals surface area contributed by atoms with Crippen LogP contribution in [0.4, 0.5) is 4.79 Å². The molecule has 160 valence electrons. The summed E-state index contributed by atoms with van der Waals surface area (Å²) in [6.45, 7) is 4.87. The zero-order chi connectivity index (χ0) is 21.2. The van der Waals surface area contributed by atoms with Gasteiger partial charge in [-0.1, -0.05) is 24.3 Å². The number of piperidine rings is 1. The number of ether oxygens (including phenoxy) is 2. The van der Waals surface area contributed by atoms with Crippen LogP contribution in [0.2, 0.25) is 0 Å². The number of nitrogens with zero attached hydrogens (tertiary/aromatic N) is 3. The molecule has 6 heteroatoms. The number of hydrogen-bond acceptors (Lipinski definition) is 4. The molecule has 5 atom stereocenters. The van der Waals surface area contributed by atoms with Crippen molar-refractivity contribution < 1.29 is 23.3 Å². The molecule has 5 aliphatic rings. The molecule has 5 aliphatic heterocycles. The van der Waals surface area contributed by atoms with Gasteiger partial charge in [-0.2, -0.15) is 9.28 Å². The van der Waals surface area contributed by atoms with E-state index in [-0.39, 0.29) is 18.2 Å². The van der Waals surface area contributed by atoms with Crippen LogP contribution in [0.15, 0.2) is 42.6 Å². The van der Waals surface area contributed by atoms with Crippen molar-refractivity contribution in [1.29, 1.82) is 0 Å². The largest absolute Gasteiger partial charge is 0.518 e. The summed E-state index contributed by atoms with van der Waals surface area (Å²) in [6.07, 6.45) is 7.09. The average molecular weight is 420 g/mol. The maximum absolute atomic E-state index is 13.9. The van der Waals surface area contributed by atoms with Gasteiger partial charge in [0, 0.05) is 48.6 Å². The summed E-state index contributed by atoms with van der Waals surface area (Å²) < 4.78 is 14.3. The molecule has 6 heterocycles. The molecule has 1 amide bonds. The fourth-order valence-electron chi connectivity index (χ4n) is 6.68. The van der Waals surface area contributed by atoms with Crippen LogP contribution >= 0.6 is 0 Å². The molecule has 0 aliphatic carbocycles. The summed E-state index contributed by atoms with van der Waals surface area (Å²) in [4.78, 5) is 18.4. The van der Waals surface area contributed by atoms with Crippen LogP contribution in [0, 0.1) is 5.92 Å². The zero-order valence-corrected chi connectivity index (χ0v) is 18.2. The first-order chi connectivity index (χ1) is 15.1. The third-order valence-electron chi connectivity index (χ3n) is 8.35. The van der Waals surface area contributed by atoms with Crippen molar-refractivity contribution in [2.24, 2.45) is 5.92 Å². The topological polar surface area (TPSA) is 51.4 Å². The van der Waals surface area contributed by atoms with Crippen LogP contribution < -0.4 is 4.74 Å². The lowest BCUT2D eigenvalue weighted by molar-refractivity contribution is -0.770. The molecule has 0 saturated carbocycles. The molecule has 0 N–H and O–H groups in total. The molecule has 2 saturated heterocycles. The Bertz CT molecular complexity index is 1080. The van der Waals surface area contributed by atoms with E-state index in [4.69, 9.17) is 9.47 Å². The first kappa shape index (κ1) is 19.0. The Morgan fingerprint density at radius 1 is 1.26 bits per heavy atom. The van der Waals surface area contributed by atoms with Crippen molar-refractivity contribution in [3.63, 3.8) is 0 Å². The van der Waals surface area contributed by atoms with Crippen LogP contribution in [0.5, 0.6) is 5.88 Å². The number of quaternary nitrogens is 1. The van der Waals surface area contributed by atoms with Crippen molar-refractivity contribution in [3.8, 4) is 5.88 Å². The number of amides is 1. The van der Waals surface area contributed by atoms with E-state index < -0.39 is 5.54 Å². The number of carbonyl (C=O) groups is 1. The maximum Gasteiger partial charge on any atom is 0.518 e. The van der Waals surface area contributed by atoms with Crippen LogP contribution in [-0.2, 0) is 16.7 Å². The van der Waals surface area contributed by atoms with Gasteiger partial charge in [-0.25, -0.2) is 9.56 Å². The van der Waals surface area contributed by atoms with Crippen molar-refractivity contribution in [1.82, 2.24) is 4.98 Å². The second-order valence-electron chi connectivity index (χ2n) is 9.42. The van der Waals surface area contributed by atoms with E-state index in [1.165, 1.54) is 11.1 Å². The molecule has 2 aromatic rings. The molecule has 0 radical (unpaired) electrons. The van der Waals surface area contributed by atoms with Gasteiger partial charge in [0.15, 0.2) is 18.7 Å². The SMILES string of the molecule is COc1ccc([C@@]23c4ccccc4CC[N+]2(C(=O)O[C@@H]2C[N+]4=CCC2CC4)C3C)cn1. The number of hydrogen-bond donors (Lipinski definition) is 0. The highest BCUT2D eigenvalue weighted by Crippen LogP contribution is 2.65. The van der Waals surface area contributed by atoms with Gasteiger partial charge in [0.25, 0.3) is 0 Å². The average Bonchev–Trinajstić information content (AvgIpc) is 3.41. The van der Waals surface area contributed by atoms with E-state index in [1.807, 2.05) is 12.3 Å². The third kappa shape index (κ3) is 2.39. The minimum Gasteiger partial charge on any atom is -0.481 e. The lowest BCUT2D eigenvalue weighted by Crippen LogP contribution is -2.52. The standard InChI is InChI=1S/C25H29N3O3/c1-17-25(20-7-8-23(30-2)26-15-20)21-6-4-3-5-18(21)11-14-28(17,25)24(29)31-22-16-27-12-9-19(22)10-13-27/h3-8,12,15,17,19,22H,9-11,13-14,16H2,1-2H3/q+2/t17?,19?,22-,25+,28?/m1/s1. The lowest BCUT2D eigenvalue weighted by Gasteiger charge is -2.34. The van der Waals surface area contributed by atoms with Crippen LogP contribution in [-0.4, -0.2) is 65.2 Å². The quantitative estimate of drug-likeness (QED) is 0.436. The minimum absolute atomic E-state index is 0.00425. The van der Waals surface area contributed by atoms with Gasteiger partial charge < -0.3 is 9.47 Å². The molecule has 3 unspecified atom stereocenters. The van der Waals surface area contributed by atoms with Gasteiger partial charge in [-0.15, -0.1) is 0 Å². The molecular formula is C25H29N3O3+2. The van der Waals surface area contributed by atoms with Gasteiger partial charge in [-0.05, 0) is 18.6 Å². The lowest BCUT2D eigenvalue weighted by atomic mass is 9.83. The number of carbonyl (C=O) groups excluding carboxylic acids is 1. The highest BCUT2D eigenvalue weighted by molar-refractivity contribution is 5.68. The van der Waals surface area contributed by atoms with E-state index in [9.17, 15) is 4.79 Å². The fraction of sp³-hybridized carbons (Fsp3) is 0.480. The number of methoxy groups -OCH3 is 1. The van der Waals surface area contributed by atoms with Crippen molar-refractivity contribution in [2.45, 2.75) is 43.9 Å². The van der Waals surface area contributed by atoms with E-state index in [0.717, 1.165) is 44.5 Å². The number of pyridine rings is 1. The molecule has 0 spiro atoms. The minimum atomic E-state index is -0.439. The van der Waals surface area contributed by atoms with E-state index in [2.05, 4.69) is 53.0 Å². The Kier molecular flexibility index (Phi) is 4.06. The molecule has 1 aromatic carbocycles. The fourth-order valence-corrected chi connectivity index (χ4v) is 6.68. The number of rotatable bonds is 3. The first-order valence-corrected chi connectivity index (χ1v) is 11.4. The van der Waals surface area contributed by atoms with Crippen LogP contribution in [0.3, 0.4) is 0 Å². The molecule has 7 rings (SSSR count). The van der Waals surface area contributed by atoms with Crippen molar-refractivity contribution in [2.75, 3.05) is 26.7 Å². The van der Waals surface area contributed by atoms with E-state index >= 15 is 0 Å². The Labute approximate surface area is 182 Å². The van der Waals surface area contributed by atoms with Gasteiger partial charge >= 0.3 is 6.09 Å². The Morgan fingerprint density at radius 2 is 2.13 bits per heavy atom. The maximum atomic E-state index is 13.9. The molecular weight excluding hydrogens is 390 g/mol. The molecule has 6 nitrogen and oxygen atoms in total. The predicted molar refractivity (Wildman–Crippen MR) is 115 cm³/mol. The van der Waals surface area contributed by atoms with Crippen molar-refractivity contribution in [3.05, 3.63) is 59.3 Å². The normalized spacial score (nSPS) is 34.9. The molecule has 31 heavy (non-hydrogen) atoms. The van der Waals surface area contributed by atoms with E-state index in [1.54, 1.807) is 7.11 Å². The number of benzene rings is 1. The summed E-state index contributed by atoms with van der Waals surface area (Å²) in [6, 6.07) is 12.6. The highest BCUT2D eigenvalue weighted by Gasteiger charge is 2.85. The Morgan fingerprint density at radius 3 is 2.81 bits per heavy atom. The highest BCUT2D eigenvalue weighted by atomic mass is 16.6. The third-order valence-corrected chi connectivity index (χ3v) is 8.35. The second-order valence-corrected chi connectivity index (χ2v) is 9.42. The van der Waals surface area contributed by atoms with Gasteiger partial charge in [-0.3, -0.25) is 0 Å². The number of fused-ring (bicyclic) bond motifs is 6. The summed E-state index contributed by atoms with van der Waals surface area (Å²) in [5.41, 5.74) is 3.18. The summed E-state index contributed by atoms with van der Waals surface area (Å²) >= 11 is 0. The predicted octanol–water partition coefficient (Wildman–Crippen LogP) is 3.12. The Balaban J connectivity index is 1.42. The second kappa shape index (κ2) is 6.63. The van der Waals surface area contributed by atoms with Crippen molar-refractivity contribution >= 4 is 12.3 Å². The van der Waals surface area contributed by atoms with Gasteiger partial charge in [0.2, 0.25) is 11.4 Å². The molecule has 2 fully saturated rings. The molecule has 1 aromatic heterocycles. The monoisotopic (exact) mass is 419 g/mol. The van der Waals surface area contributed by atoms with Gasteiger partial charge in [0.1, 0.15) is 12.8 Å². The van der Waals surface area contributed by atoms with Gasteiger partial charge in [0.05, 0.1) is 13.7 Å². The smallest absolute Gasteiger partial charge is 0.481 e. The summed E-state index contributed by atoms with van der Waals surface area (Å²) in [5, 5.41) is 0. The van der Waals surface area contributed by atoms with Crippen LogP contribution in [0.1, 0.15) is 36.5 Å². The zero-order valence-electron chi connectivity index (χ0n) is 18.2. The Hall–Kier alpha value is -2.73.